The molecule has 142 valence electrons. The molecule has 1 aliphatic rings. The van der Waals surface area contributed by atoms with E-state index in [0.29, 0.717) is 29.2 Å². The third-order valence-electron chi connectivity index (χ3n) is 4.57. The predicted molar refractivity (Wildman–Crippen MR) is 105 cm³/mol. The molecule has 0 saturated carbocycles. The molecule has 1 N–H and O–H groups in total. The number of carbonyl (C=O) groups excluding carboxylic acids is 2. The number of nitrogens with one attached hydrogen (secondary N) is 1. The van der Waals surface area contributed by atoms with Crippen LogP contribution < -0.4 is 10.1 Å². The Morgan fingerprint density at radius 1 is 1.00 bits per heavy atom. The second kappa shape index (κ2) is 8.68. The summed E-state index contributed by atoms with van der Waals surface area (Å²) in [5.74, 6) is 0.419. The standard InChI is InChI=1S/C21H25N3O3/c1-3-27-19-9-5-6-16(15-19)20(25)22-18-8-4-7-17(14-18)21(26)24-12-10-23(2)11-13-24/h4-9,14-15H,3,10-13H2,1-2H3,(H,22,25). The largest absolute Gasteiger partial charge is 0.494 e. The average Bonchev–Trinajstić information content (AvgIpc) is 2.69. The first kappa shape index (κ1) is 18.9. The number of benzene rings is 2. The Kier molecular flexibility index (Phi) is 6.08. The lowest BCUT2D eigenvalue weighted by Crippen LogP contribution is -2.47. The number of piperazine rings is 1. The van der Waals surface area contributed by atoms with Crippen molar-refractivity contribution in [3.05, 3.63) is 59.7 Å². The minimum atomic E-state index is -0.235. The summed E-state index contributed by atoms with van der Waals surface area (Å²) in [5, 5.41) is 2.86. The molecule has 6 heteroatoms. The van der Waals surface area contributed by atoms with Crippen LogP contribution in [0.2, 0.25) is 0 Å². The van der Waals surface area contributed by atoms with E-state index in [0.717, 1.165) is 26.2 Å². The van der Waals surface area contributed by atoms with Crippen molar-refractivity contribution in [3.63, 3.8) is 0 Å². The minimum absolute atomic E-state index is 0.00228. The lowest BCUT2D eigenvalue weighted by atomic mass is 10.1. The fourth-order valence-corrected chi connectivity index (χ4v) is 3.02. The summed E-state index contributed by atoms with van der Waals surface area (Å²) in [6.07, 6.45) is 0. The van der Waals surface area contributed by atoms with Gasteiger partial charge in [0.05, 0.1) is 6.61 Å². The second-order valence-corrected chi connectivity index (χ2v) is 6.59. The molecule has 0 aliphatic carbocycles. The first-order valence-corrected chi connectivity index (χ1v) is 9.19. The van der Waals surface area contributed by atoms with E-state index in [1.165, 1.54) is 0 Å². The molecule has 1 aliphatic heterocycles. The molecule has 0 bridgehead atoms. The lowest BCUT2D eigenvalue weighted by Gasteiger charge is -2.32. The summed E-state index contributed by atoms with van der Waals surface area (Å²) in [6, 6.07) is 14.1. The third kappa shape index (κ3) is 4.86. The number of nitrogens with zero attached hydrogens (tertiary/aromatic N) is 2. The number of anilines is 1. The van der Waals surface area contributed by atoms with Gasteiger partial charge in [-0.15, -0.1) is 0 Å². The van der Waals surface area contributed by atoms with Crippen molar-refractivity contribution in [1.82, 2.24) is 9.80 Å². The summed E-state index contributed by atoms with van der Waals surface area (Å²) in [5.41, 5.74) is 1.69. The number of amides is 2. The van der Waals surface area contributed by atoms with Gasteiger partial charge >= 0.3 is 0 Å². The molecular weight excluding hydrogens is 342 g/mol. The fourth-order valence-electron chi connectivity index (χ4n) is 3.02. The normalized spacial score (nSPS) is 14.7. The Labute approximate surface area is 159 Å². The minimum Gasteiger partial charge on any atom is -0.494 e. The molecule has 1 heterocycles. The number of likely N-dealkylation sites (N-methyl/N-ethyl adjacent to an activating group) is 1. The number of rotatable bonds is 5. The van der Waals surface area contributed by atoms with Crippen molar-refractivity contribution in [2.75, 3.05) is 45.2 Å². The number of carbonyl (C=O) groups is 2. The molecule has 0 unspecified atom stereocenters. The van der Waals surface area contributed by atoms with Crippen LogP contribution in [0.4, 0.5) is 5.69 Å². The maximum Gasteiger partial charge on any atom is 0.255 e. The highest BCUT2D eigenvalue weighted by Crippen LogP contribution is 2.17. The zero-order chi connectivity index (χ0) is 19.2. The van der Waals surface area contributed by atoms with Crippen molar-refractivity contribution < 1.29 is 14.3 Å². The van der Waals surface area contributed by atoms with Gasteiger partial charge in [0, 0.05) is 43.0 Å². The van der Waals surface area contributed by atoms with E-state index >= 15 is 0 Å². The van der Waals surface area contributed by atoms with Crippen LogP contribution in [0.25, 0.3) is 0 Å². The molecule has 0 spiro atoms. The monoisotopic (exact) mass is 367 g/mol. The van der Waals surface area contributed by atoms with Crippen LogP contribution in [0, 0.1) is 0 Å². The predicted octanol–water partition coefficient (Wildman–Crippen LogP) is 2.73. The molecule has 0 aromatic heterocycles. The van der Waals surface area contributed by atoms with Gasteiger partial charge in [-0.1, -0.05) is 12.1 Å². The zero-order valence-electron chi connectivity index (χ0n) is 15.8. The van der Waals surface area contributed by atoms with Crippen LogP contribution >= 0.6 is 0 Å². The van der Waals surface area contributed by atoms with E-state index in [4.69, 9.17) is 4.74 Å². The van der Waals surface area contributed by atoms with E-state index in [9.17, 15) is 9.59 Å². The first-order chi connectivity index (χ1) is 13.1. The summed E-state index contributed by atoms with van der Waals surface area (Å²) < 4.78 is 5.44. The van der Waals surface area contributed by atoms with E-state index in [1.54, 1.807) is 42.5 Å². The highest BCUT2D eigenvalue weighted by Gasteiger charge is 2.20. The number of hydrogen-bond acceptors (Lipinski definition) is 4. The summed E-state index contributed by atoms with van der Waals surface area (Å²) in [7, 11) is 2.05. The van der Waals surface area contributed by atoms with Crippen molar-refractivity contribution in [2.24, 2.45) is 0 Å². The van der Waals surface area contributed by atoms with Gasteiger partial charge in [0.15, 0.2) is 0 Å². The number of hydrogen-bond donors (Lipinski definition) is 1. The first-order valence-electron chi connectivity index (χ1n) is 9.19. The Bertz CT molecular complexity index is 814. The maximum absolute atomic E-state index is 12.7. The summed E-state index contributed by atoms with van der Waals surface area (Å²) in [4.78, 5) is 29.3. The van der Waals surface area contributed by atoms with Gasteiger partial charge in [-0.2, -0.15) is 0 Å². The van der Waals surface area contributed by atoms with Crippen molar-refractivity contribution in [3.8, 4) is 5.75 Å². The molecular formula is C21H25N3O3. The number of ether oxygens (including phenoxy) is 1. The Balaban J connectivity index is 1.69. The molecule has 2 aromatic rings. The Morgan fingerprint density at radius 3 is 2.44 bits per heavy atom. The van der Waals surface area contributed by atoms with E-state index < -0.39 is 0 Å². The van der Waals surface area contributed by atoms with Crippen LogP contribution in [0.1, 0.15) is 27.6 Å². The maximum atomic E-state index is 12.7. The second-order valence-electron chi connectivity index (χ2n) is 6.59. The quantitative estimate of drug-likeness (QED) is 0.883. The van der Waals surface area contributed by atoms with Crippen molar-refractivity contribution >= 4 is 17.5 Å². The molecule has 1 saturated heterocycles. The van der Waals surface area contributed by atoms with Gasteiger partial charge < -0.3 is 19.9 Å². The SMILES string of the molecule is CCOc1cccc(C(=O)Nc2cccc(C(=O)N3CCN(C)CC3)c2)c1. The molecule has 6 nitrogen and oxygen atoms in total. The molecule has 27 heavy (non-hydrogen) atoms. The van der Waals surface area contributed by atoms with E-state index in [1.807, 2.05) is 17.9 Å². The molecule has 0 atom stereocenters. The topological polar surface area (TPSA) is 61.9 Å². The smallest absolute Gasteiger partial charge is 0.255 e. The van der Waals surface area contributed by atoms with Gasteiger partial charge in [0.25, 0.3) is 11.8 Å². The van der Waals surface area contributed by atoms with E-state index in [-0.39, 0.29) is 11.8 Å². The van der Waals surface area contributed by atoms with Gasteiger partial charge in [-0.3, -0.25) is 9.59 Å². The van der Waals surface area contributed by atoms with Gasteiger partial charge in [0.1, 0.15) is 5.75 Å². The summed E-state index contributed by atoms with van der Waals surface area (Å²) in [6.45, 7) is 5.63. The van der Waals surface area contributed by atoms with Gasteiger partial charge in [-0.05, 0) is 50.4 Å². The Hall–Kier alpha value is -2.86. The van der Waals surface area contributed by atoms with Crippen LogP contribution in [0.3, 0.4) is 0 Å². The van der Waals surface area contributed by atoms with Crippen LogP contribution in [-0.2, 0) is 0 Å². The van der Waals surface area contributed by atoms with E-state index in [2.05, 4.69) is 17.3 Å². The molecule has 1 fully saturated rings. The highest BCUT2D eigenvalue weighted by atomic mass is 16.5. The zero-order valence-corrected chi connectivity index (χ0v) is 15.8. The Morgan fingerprint density at radius 2 is 1.70 bits per heavy atom. The molecule has 3 rings (SSSR count). The third-order valence-corrected chi connectivity index (χ3v) is 4.57. The molecule has 2 amide bonds. The average molecular weight is 367 g/mol. The van der Waals surface area contributed by atoms with Crippen molar-refractivity contribution in [2.45, 2.75) is 6.92 Å². The summed E-state index contributed by atoms with van der Waals surface area (Å²) >= 11 is 0. The van der Waals surface area contributed by atoms with Crippen LogP contribution in [0.5, 0.6) is 5.75 Å². The van der Waals surface area contributed by atoms with Gasteiger partial charge in [-0.25, -0.2) is 0 Å². The van der Waals surface area contributed by atoms with Crippen molar-refractivity contribution in [1.29, 1.82) is 0 Å². The van der Waals surface area contributed by atoms with Crippen LogP contribution in [0.15, 0.2) is 48.5 Å². The molecule has 2 aromatic carbocycles. The van der Waals surface area contributed by atoms with Gasteiger partial charge in [0.2, 0.25) is 0 Å². The molecule has 0 radical (unpaired) electrons. The lowest BCUT2D eigenvalue weighted by molar-refractivity contribution is 0.0664. The van der Waals surface area contributed by atoms with Crippen LogP contribution in [-0.4, -0.2) is 61.4 Å². The highest BCUT2D eigenvalue weighted by molar-refractivity contribution is 6.05. The fraction of sp³-hybridized carbons (Fsp3) is 0.333.